The molecule has 0 aliphatic rings. The zero-order valence-corrected chi connectivity index (χ0v) is 22.5. The van der Waals surface area contributed by atoms with Gasteiger partial charge in [-0.05, 0) is 50.1 Å². The van der Waals surface area contributed by atoms with Gasteiger partial charge in [0.25, 0.3) is 0 Å². The Bertz CT molecular complexity index is 1110. The molecule has 0 heterocycles. The molecule has 0 bridgehead atoms. The molecule has 8 nitrogen and oxygen atoms in total. The van der Waals surface area contributed by atoms with Gasteiger partial charge in [-0.3, -0.25) is 13.9 Å². The molecular weight excluding hydrogens is 522 g/mol. The SMILES string of the molecule is CC[C@H](C)NC(=O)[C@@H](C)N(Cc1cccc(Br)c1)C(=O)CN(c1cccc(OC)c1)S(C)(=O)=O. The van der Waals surface area contributed by atoms with Crippen LogP contribution in [0.2, 0.25) is 0 Å². The van der Waals surface area contributed by atoms with Crippen molar-refractivity contribution in [2.75, 3.05) is 24.2 Å². The van der Waals surface area contributed by atoms with E-state index in [-0.39, 0.29) is 18.5 Å². The number of hydrogen-bond acceptors (Lipinski definition) is 5. The molecule has 0 radical (unpaired) electrons. The van der Waals surface area contributed by atoms with Gasteiger partial charge in [-0.1, -0.05) is 41.1 Å². The van der Waals surface area contributed by atoms with Crippen molar-refractivity contribution in [1.82, 2.24) is 10.2 Å². The quantitative estimate of drug-likeness (QED) is 0.459. The Morgan fingerprint density at radius 2 is 1.79 bits per heavy atom. The molecule has 2 rings (SSSR count). The van der Waals surface area contributed by atoms with Crippen LogP contribution < -0.4 is 14.4 Å². The fourth-order valence-electron chi connectivity index (χ4n) is 3.26. The first kappa shape index (κ1) is 27.7. The summed E-state index contributed by atoms with van der Waals surface area (Å²) in [6.45, 7) is 5.17. The molecule has 0 aliphatic heterocycles. The summed E-state index contributed by atoms with van der Waals surface area (Å²) in [7, 11) is -2.32. The Labute approximate surface area is 210 Å². The molecule has 34 heavy (non-hydrogen) atoms. The molecule has 0 aromatic heterocycles. The molecule has 1 N–H and O–H groups in total. The van der Waals surface area contributed by atoms with Gasteiger partial charge < -0.3 is 15.0 Å². The second-order valence-electron chi connectivity index (χ2n) is 8.12. The van der Waals surface area contributed by atoms with Crippen LogP contribution in [0, 0.1) is 0 Å². The van der Waals surface area contributed by atoms with Crippen molar-refractivity contribution in [2.24, 2.45) is 0 Å². The average Bonchev–Trinajstić information content (AvgIpc) is 2.79. The molecule has 0 saturated heterocycles. The number of carbonyl (C=O) groups excluding carboxylic acids is 2. The maximum atomic E-state index is 13.5. The number of nitrogens with one attached hydrogen (secondary N) is 1. The van der Waals surface area contributed by atoms with Crippen molar-refractivity contribution in [1.29, 1.82) is 0 Å². The molecule has 0 aliphatic carbocycles. The third kappa shape index (κ3) is 7.73. The predicted octanol–water partition coefficient (Wildman–Crippen LogP) is 3.56. The van der Waals surface area contributed by atoms with E-state index in [1.807, 2.05) is 38.1 Å². The number of ether oxygens (including phenoxy) is 1. The van der Waals surface area contributed by atoms with Gasteiger partial charge in [0.05, 0.1) is 19.1 Å². The maximum absolute atomic E-state index is 13.5. The minimum Gasteiger partial charge on any atom is -0.497 e. The molecule has 0 unspecified atom stereocenters. The summed E-state index contributed by atoms with van der Waals surface area (Å²) in [6, 6.07) is 13.0. The van der Waals surface area contributed by atoms with Gasteiger partial charge in [-0.15, -0.1) is 0 Å². The molecule has 0 saturated carbocycles. The predicted molar refractivity (Wildman–Crippen MR) is 137 cm³/mol. The molecule has 2 aromatic rings. The molecular formula is C24H32BrN3O5S. The van der Waals surface area contributed by atoms with E-state index in [4.69, 9.17) is 4.74 Å². The van der Waals surface area contributed by atoms with Crippen molar-refractivity contribution in [3.63, 3.8) is 0 Å². The number of halogens is 1. The summed E-state index contributed by atoms with van der Waals surface area (Å²) in [5, 5.41) is 2.90. The van der Waals surface area contributed by atoms with Crippen LogP contribution in [-0.4, -0.2) is 57.1 Å². The summed E-state index contributed by atoms with van der Waals surface area (Å²) in [4.78, 5) is 27.8. The number of amides is 2. The number of carbonyl (C=O) groups is 2. The van der Waals surface area contributed by atoms with Crippen LogP contribution in [0.4, 0.5) is 5.69 Å². The zero-order chi connectivity index (χ0) is 25.5. The molecule has 2 aromatic carbocycles. The number of sulfonamides is 1. The first-order valence-electron chi connectivity index (χ1n) is 10.9. The first-order chi connectivity index (χ1) is 16.0. The van der Waals surface area contributed by atoms with Gasteiger partial charge >= 0.3 is 0 Å². The van der Waals surface area contributed by atoms with E-state index in [0.29, 0.717) is 11.4 Å². The highest BCUT2D eigenvalue weighted by Crippen LogP contribution is 2.24. The minimum absolute atomic E-state index is 0.0536. The molecule has 2 atom stereocenters. The van der Waals surface area contributed by atoms with Gasteiger partial charge in [-0.25, -0.2) is 8.42 Å². The molecule has 0 spiro atoms. The lowest BCUT2D eigenvalue weighted by Gasteiger charge is -2.32. The highest BCUT2D eigenvalue weighted by molar-refractivity contribution is 9.10. The van der Waals surface area contributed by atoms with Gasteiger partial charge in [0.2, 0.25) is 21.8 Å². The van der Waals surface area contributed by atoms with Gasteiger partial charge in [0.1, 0.15) is 18.3 Å². The van der Waals surface area contributed by atoms with Crippen molar-refractivity contribution >= 4 is 43.5 Å². The number of methoxy groups -OCH3 is 1. The van der Waals surface area contributed by atoms with Crippen molar-refractivity contribution in [3.8, 4) is 5.75 Å². The second-order valence-corrected chi connectivity index (χ2v) is 10.9. The summed E-state index contributed by atoms with van der Waals surface area (Å²) in [5.41, 5.74) is 1.10. The largest absolute Gasteiger partial charge is 0.497 e. The maximum Gasteiger partial charge on any atom is 0.244 e. The van der Waals surface area contributed by atoms with E-state index in [1.54, 1.807) is 31.2 Å². The van der Waals surface area contributed by atoms with Crippen LogP contribution in [0.1, 0.15) is 32.8 Å². The Balaban J connectivity index is 2.40. The first-order valence-corrected chi connectivity index (χ1v) is 13.6. The third-order valence-corrected chi connectivity index (χ3v) is 7.06. The Morgan fingerprint density at radius 1 is 1.12 bits per heavy atom. The van der Waals surface area contributed by atoms with Crippen LogP contribution in [0.3, 0.4) is 0 Å². The standard InChI is InChI=1S/C24H32BrN3O5S/c1-6-17(2)26-24(30)18(3)27(15-19-9-7-10-20(25)13-19)23(29)16-28(34(5,31)32)21-11-8-12-22(14-21)33-4/h7-14,17-18H,6,15-16H2,1-5H3,(H,26,30)/t17-,18+/m0/s1. The highest BCUT2D eigenvalue weighted by Gasteiger charge is 2.30. The van der Waals surface area contributed by atoms with Crippen LogP contribution in [-0.2, 0) is 26.2 Å². The lowest BCUT2D eigenvalue weighted by molar-refractivity contribution is -0.139. The van der Waals surface area contributed by atoms with E-state index in [1.165, 1.54) is 12.0 Å². The van der Waals surface area contributed by atoms with Gasteiger partial charge in [0, 0.05) is 23.1 Å². The average molecular weight is 555 g/mol. The van der Waals surface area contributed by atoms with Crippen LogP contribution in [0.15, 0.2) is 53.0 Å². The summed E-state index contributed by atoms with van der Waals surface area (Å²) >= 11 is 3.43. The number of anilines is 1. The lowest BCUT2D eigenvalue weighted by atomic mass is 10.1. The normalized spacial score (nSPS) is 13.0. The molecule has 10 heteroatoms. The fraction of sp³-hybridized carbons (Fsp3) is 0.417. The molecule has 0 fully saturated rings. The van der Waals surface area contributed by atoms with Crippen molar-refractivity contribution in [3.05, 3.63) is 58.6 Å². The van der Waals surface area contributed by atoms with Gasteiger partial charge in [-0.2, -0.15) is 0 Å². The highest BCUT2D eigenvalue weighted by atomic mass is 79.9. The van der Waals surface area contributed by atoms with Crippen LogP contribution in [0.5, 0.6) is 5.75 Å². The number of nitrogens with zero attached hydrogens (tertiary/aromatic N) is 2. The fourth-order valence-corrected chi connectivity index (χ4v) is 4.55. The van der Waals surface area contributed by atoms with E-state index >= 15 is 0 Å². The Morgan fingerprint density at radius 3 is 2.38 bits per heavy atom. The molecule has 186 valence electrons. The van der Waals surface area contributed by atoms with E-state index in [0.717, 1.165) is 27.0 Å². The van der Waals surface area contributed by atoms with Crippen LogP contribution in [0.25, 0.3) is 0 Å². The lowest BCUT2D eigenvalue weighted by Crippen LogP contribution is -2.52. The third-order valence-electron chi connectivity index (χ3n) is 5.43. The smallest absolute Gasteiger partial charge is 0.244 e. The minimum atomic E-state index is -3.80. The summed E-state index contributed by atoms with van der Waals surface area (Å²) < 4.78 is 32.3. The topological polar surface area (TPSA) is 96.0 Å². The zero-order valence-electron chi connectivity index (χ0n) is 20.1. The Hall–Kier alpha value is -2.59. The van der Waals surface area contributed by atoms with E-state index in [2.05, 4.69) is 21.2 Å². The summed E-state index contributed by atoms with van der Waals surface area (Å²) in [5.74, 6) is -0.337. The van der Waals surface area contributed by atoms with Gasteiger partial charge in [0.15, 0.2) is 0 Å². The van der Waals surface area contributed by atoms with E-state index in [9.17, 15) is 18.0 Å². The second kappa shape index (κ2) is 12.2. The number of rotatable bonds is 11. The van der Waals surface area contributed by atoms with Crippen molar-refractivity contribution in [2.45, 2.75) is 45.8 Å². The van der Waals surface area contributed by atoms with E-state index < -0.39 is 28.5 Å². The monoisotopic (exact) mass is 553 g/mol. The summed E-state index contributed by atoms with van der Waals surface area (Å²) in [6.07, 6.45) is 1.78. The number of hydrogen-bond donors (Lipinski definition) is 1. The Kier molecular flexibility index (Phi) is 9.93. The van der Waals surface area contributed by atoms with Crippen LogP contribution >= 0.6 is 15.9 Å². The number of benzene rings is 2. The van der Waals surface area contributed by atoms with Crippen molar-refractivity contribution < 1.29 is 22.7 Å². The molecule has 2 amide bonds.